The van der Waals surface area contributed by atoms with Gasteiger partial charge >= 0.3 is 5.51 Å². The van der Waals surface area contributed by atoms with Crippen LogP contribution in [0.15, 0.2) is 129 Å². The van der Waals surface area contributed by atoms with Crippen LogP contribution >= 0.6 is 11.8 Å². The minimum atomic E-state index is -6.14. The second-order valence-electron chi connectivity index (χ2n) is 24.4. The van der Waals surface area contributed by atoms with Gasteiger partial charge in [0.15, 0.2) is 0 Å². The zero-order valence-electron chi connectivity index (χ0n) is 49.9. The zero-order chi connectivity index (χ0) is 63.0. The van der Waals surface area contributed by atoms with Crippen LogP contribution in [0.5, 0.6) is 0 Å². The minimum Gasteiger partial charge on any atom is -0.380 e. The van der Waals surface area contributed by atoms with E-state index in [0.29, 0.717) is 76.0 Å². The van der Waals surface area contributed by atoms with Crippen molar-refractivity contribution < 1.29 is 58.0 Å². The van der Waals surface area contributed by atoms with Crippen LogP contribution in [0.2, 0.25) is 0 Å². The topological polar surface area (TPSA) is 189 Å². The van der Waals surface area contributed by atoms with Crippen molar-refractivity contribution in [3.05, 3.63) is 137 Å². The molecule has 0 bridgehead atoms. The van der Waals surface area contributed by atoms with Crippen LogP contribution in [0.1, 0.15) is 116 Å². The molecular formula is C64H79F5N8O8S3. The standard InChI is InChI=1S/C64H79F5N8O8S3/c1-44(16-24-58(65)66)53-40-63(2,3)28-26-47(53)41-75-35-37-76(38-36-75)49-19-17-46(18-20-49)60(79)72-88(84,85)51-21-22-55(57(39-51)87(82,83)64(67,68)69)70-48(43-86-50-13-7-4-8-14-50)27-30-74-33-31-73(32-34-74)29-9-5-6-11-45-12-10-15-52-54(45)42-77(62(52)81)56-23-25-59(78)71-61(56)80/h4,7-8,10,12-15,17-22,39,48,56,58,70H,1,5-6,9,11,16,23-38,40-43H2,2-3H3,(H,72,79)(H,71,78,80)/t48-,56?/m1/s1. The highest BCUT2D eigenvalue weighted by Crippen LogP contribution is 2.43. The molecule has 1 aliphatic carbocycles. The monoisotopic (exact) mass is 1280 g/mol. The van der Waals surface area contributed by atoms with Crippen molar-refractivity contribution >= 4 is 66.6 Å². The van der Waals surface area contributed by atoms with E-state index in [4.69, 9.17) is 0 Å². The summed E-state index contributed by atoms with van der Waals surface area (Å²) in [6.45, 7) is 16.8. The van der Waals surface area contributed by atoms with E-state index in [-0.39, 0.29) is 42.1 Å². The number of amides is 4. The molecule has 4 aromatic rings. The number of halogens is 5. The first-order chi connectivity index (χ1) is 41.8. The number of benzene rings is 4. The molecule has 0 saturated carbocycles. The number of rotatable bonds is 26. The van der Waals surface area contributed by atoms with E-state index in [0.717, 1.165) is 123 Å². The number of sulfone groups is 1. The van der Waals surface area contributed by atoms with E-state index in [9.17, 15) is 58.0 Å². The highest BCUT2D eigenvalue weighted by atomic mass is 32.2. The van der Waals surface area contributed by atoms with Gasteiger partial charge in [0, 0.05) is 118 Å². The van der Waals surface area contributed by atoms with E-state index in [2.05, 4.69) is 50.7 Å². The summed E-state index contributed by atoms with van der Waals surface area (Å²) in [4.78, 5) is 60.5. The molecule has 4 aliphatic heterocycles. The molecule has 9 rings (SSSR count). The summed E-state index contributed by atoms with van der Waals surface area (Å²) in [5.41, 5.74) is 0.310. The number of anilines is 2. The maximum absolute atomic E-state index is 14.5. The van der Waals surface area contributed by atoms with Gasteiger partial charge in [0.25, 0.3) is 31.7 Å². The molecule has 2 atom stereocenters. The lowest BCUT2D eigenvalue weighted by atomic mass is 9.72. The Morgan fingerprint density at radius 2 is 1.50 bits per heavy atom. The normalized spacial score (nSPS) is 19.5. The van der Waals surface area contributed by atoms with Crippen molar-refractivity contribution in [3.8, 4) is 0 Å². The molecule has 1 unspecified atom stereocenters. The average molecular weight is 1280 g/mol. The fourth-order valence-electron chi connectivity index (χ4n) is 12.4. The van der Waals surface area contributed by atoms with E-state index in [1.807, 2.05) is 47.2 Å². The first kappa shape index (κ1) is 66.2. The smallest absolute Gasteiger partial charge is 0.380 e. The van der Waals surface area contributed by atoms with Crippen LogP contribution in [0.3, 0.4) is 0 Å². The summed E-state index contributed by atoms with van der Waals surface area (Å²) >= 11 is 1.44. The predicted molar refractivity (Wildman–Crippen MR) is 331 cm³/mol. The number of carbonyl (C=O) groups excluding carboxylic acids is 4. The number of nitrogens with one attached hydrogen (secondary N) is 3. The number of unbranched alkanes of at least 4 members (excludes halogenated alkanes) is 2. The van der Waals surface area contributed by atoms with Gasteiger partial charge in [-0.1, -0.05) is 68.3 Å². The average Bonchev–Trinajstić information content (AvgIpc) is 1.42. The number of alkyl halides is 5. The number of thioether (sulfide) groups is 1. The second kappa shape index (κ2) is 28.8. The number of aryl methyl sites for hydroxylation is 1. The molecule has 88 heavy (non-hydrogen) atoms. The van der Waals surface area contributed by atoms with Crippen molar-refractivity contribution in [1.29, 1.82) is 0 Å². The molecule has 3 saturated heterocycles. The molecule has 0 radical (unpaired) electrons. The Kier molecular flexibility index (Phi) is 21.6. The van der Waals surface area contributed by atoms with Crippen molar-refractivity contribution in [1.82, 2.24) is 29.6 Å². The van der Waals surface area contributed by atoms with Gasteiger partial charge in [-0.2, -0.15) is 13.2 Å². The van der Waals surface area contributed by atoms with Gasteiger partial charge < -0.3 is 24.9 Å². The quantitative estimate of drug-likeness (QED) is 0.0233. The lowest BCUT2D eigenvalue weighted by molar-refractivity contribution is -0.136. The van der Waals surface area contributed by atoms with Gasteiger partial charge in [-0.15, -0.1) is 11.8 Å². The summed E-state index contributed by atoms with van der Waals surface area (Å²) in [5, 5.41) is 5.40. The Labute approximate surface area is 517 Å². The van der Waals surface area contributed by atoms with E-state index >= 15 is 0 Å². The molecule has 3 N–H and O–H groups in total. The van der Waals surface area contributed by atoms with Gasteiger partial charge in [0.05, 0.1) is 10.6 Å². The van der Waals surface area contributed by atoms with Crippen molar-refractivity contribution in [2.45, 2.75) is 136 Å². The van der Waals surface area contributed by atoms with Gasteiger partial charge in [-0.05, 0) is 147 Å². The molecule has 0 spiro atoms. The Bertz CT molecular complexity index is 3450. The number of piperidine rings is 1. The molecule has 16 nitrogen and oxygen atoms in total. The number of piperazine rings is 2. The maximum atomic E-state index is 14.5. The third-order valence-corrected chi connectivity index (χ3v) is 21.6. The van der Waals surface area contributed by atoms with Gasteiger partial charge in [-0.3, -0.25) is 29.4 Å². The highest BCUT2D eigenvalue weighted by Gasteiger charge is 2.49. The van der Waals surface area contributed by atoms with E-state index in [1.54, 1.807) is 23.1 Å². The first-order valence-corrected chi connectivity index (χ1v) is 34.2. The largest absolute Gasteiger partial charge is 0.501 e. The van der Waals surface area contributed by atoms with Gasteiger partial charge in [-0.25, -0.2) is 30.3 Å². The van der Waals surface area contributed by atoms with E-state index in [1.165, 1.54) is 29.5 Å². The molecule has 4 aromatic carbocycles. The van der Waals surface area contributed by atoms with Gasteiger partial charge in [0.2, 0.25) is 18.2 Å². The number of hydrogen-bond acceptors (Lipinski definition) is 14. The summed E-state index contributed by atoms with van der Waals surface area (Å²) in [6.07, 6.45) is 4.83. The molecule has 4 heterocycles. The summed E-state index contributed by atoms with van der Waals surface area (Å²) in [5.74, 6) is -1.70. The third kappa shape index (κ3) is 16.8. The Hall–Kier alpha value is -6.18. The lowest BCUT2D eigenvalue weighted by Gasteiger charge is -2.39. The van der Waals surface area contributed by atoms with Crippen LogP contribution in [0, 0.1) is 5.41 Å². The fourth-order valence-corrected chi connectivity index (χ4v) is 15.4. The van der Waals surface area contributed by atoms with Crippen molar-refractivity contribution in [2.24, 2.45) is 5.41 Å². The van der Waals surface area contributed by atoms with Crippen LogP contribution in [-0.4, -0.2) is 162 Å². The molecule has 24 heteroatoms. The SMILES string of the molecule is C=C(CCC(F)F)C1=C(CN2CCN(c3ccc(C(=O)NS(=O)(=O)c4ccc(N[C@H](CCN5CCN(CCCCCc6cccc7c6CN(C6CCC(=O)NC6=O)C7=O)CC5)CSc5ccccc5)c(S(=O)(=O)C(F)(F)F)c4)cc3)CC2)CCC(C)(C)C1. The zero-order valence-corrected chi connectivity index (χ0v) is 52.3. The number of fused-ring (bicyclic) bond motifs is 1. The molecule has 5 aliphatic rings. The van der Waals surface area contributed by atoms with Crippen molar-refractivity contribution in [2.75, 3.05) is 88.0 Å². The molecular weight excluding hydrogens is 1200 g/mol. The number of carbonyl (C=O) groups is 4. The number of imide groups is 1. The maximum Gasteiger partial charge on any atom is 0.501 e. The van der Waals surface area contributed by atoms with Gasteiger partial charge in [0.1, 0.15) is 10.9 Å². The van der Waals surface area contributed by atoms with E-state index < -0.39 is 71.2 Å². The van der Waals surface area contributed by atoms with Crippen LogP contribution < -0.4 is 20.3 Å². The Morgan fingerprint density at radius 3 is 2.18 bits per heavy atom. The second-order valence-corrected chi connectivity index (χ2v) is 29.1. The fraction of sp³-hybridized carbons (Fsp3) is 0.500. The van der Waals surface area contributed by atoms with Crippen molar-refractivity contribution in [3.63, 3.8) is 0 Å². The Morgan fingerprint density at radius 1 is 0.807 bits per heavy atom. The third-order valence-electron chi connectivity index (χ3n) is 17.6. The number of allylic oxidation sites excluding steroid dienone is 2. The summed E-state index contributed by atoms with van der Waals surface area (Å²) < 4.78 is 126. The summed E-state index contributed by atoms with van der Waals surface area (Å²) in [6, 6.07) is 22.4. The lowest BCUT2D eigenvalue weighted by Crippen LogP contribution is -2.52. The molecule has 3 fully saturated rings. The predicted octanol–water partition coefficient (Wildman–Crippen LogP) is 10.1. The highest BCUT2D eigenvalue weighted by molar-refractivity contribution is 7.99. The Balaban J connectivity index is 0.779. The minimum absolute atomic E-state index is 0.0533. The molecule has 0 aromatic heterocycles. The number of nitrogens with zero attached hydrogens (tertiary/aromatic N) is 5. The number of sulfonamides is 1. The molecule has 4 amide bonds. The molecule has 476 valence electrons. The summed E-state index contributed by atoms with van der Waals surface area (Å²) in [7, 11) is -11.1. The van der Waals surface area contributed by atoms with Crippen LogP contribution in [-0.2, 0) is 42.4 Å². The first-order valence-electron chi connectivity index (χ1n) is 30.3. The van der Waals surface area contributed by atoms with Crippen LogP contribution in [0.25, 0.3) is 0 Å². The number of hydrogen-bond donors (Lipinski definition) is 3. The van der Waals surface area contributed by atoms with Crippen LogP contribution in [0.4, 0.5) is 33.3 Å².